The molecule has 0 saturated heterocycles. The first-order valence-electron chi connectivity index (χ1n) is 7.53. The van der Waals surface area contributed by atoms with Crippen LogP contribution in [0.5, 0.6) is 0 Å². The van der Waals surface area contributed by atoms with Crippen molar-refractivity contribution in [1.29, 1.82) is 0 Å². The highest BCUT2D eigenvalue weighted by Gasteiger charge is 2.35. The molecule has 25 heavy (non-hydrogen) atoms. The van der Waals surface area contributed by atoms with E-state index in [0.717, 1.165) is 4.57 Å². The van der Waals surface area contributed by atoms with Crippen LogP contribution in [0.15, 0.2) is 0 Å². The summed E-state index contributed by atoms with van der Waals surface area (Å²) < 4.78 is 66.3. The Bertz CT molecular complexity index is 860. The predicted octanol–water partition coefficient (Wildman–Crippen LogP) is 3.57. The van der Waals surface area contributed by atoms with E-state index in [1.54, 1.807) is 0 Å². The molecule has 0 amide bonds. The lowest BCUT2D eigenvalue weighted by Crippen LogP contribution is -2.17. The fraction of sp³-hybridized carbons (Fsp3) is 0.375. The van der Waals surface area contributed by atoms with Gasteiger partial charge in [-0.2, -0.15) is 0 Å². The minimum absolute atomic E-state index is 0.0833. The van der Waals surface area contributed by atoms with E-state index in [1.807, 2.05) is 0 Å². The molecular weight excluding hydrogens is 346 g/mol. The van der Waals surface area contributed by atoms with Gasteiger partial charge in [0.2, 0.25) is 0 Å². The Kier molecular flexibility index (Phi) is 5.34. The standard InChI is InChI=1S/C16H15F4NO4/c1-4-21-13-7(9(17)10(18)11(19)12(13)20)8(15(22)24-5-2)14(21)16(23)25-6-3/h4-6H2,1-3H3. The Morgan fingerprint density at radius 3 is 1.88 bits per heavy atom. The van der Waals surface area contributed by atoms with Gasteiger partial charge in [-0.05, 0) is 20.8 Å². The molecule has 0 aliphatic rings. The lowest BCUT2D eigenvalue weighted by atomic mass is 10.1. The summed E-state index contributed by atoms with van der Waals surface area (Å²) in [5.41, 5.74) is -1.97. The van der Waals surface area contributed by atoms with Crippen LogP contribution in [0, 0.1) is 23.3 Å². The maximum Gasteiger partial charge on any atom is 0.355 e. The number of ether oxygens (including phenoxy) is 2. The molecule has 0 radical (unpaired) electrons. The van der Waals surface area contributed by atoms with Gasteiger partial charge in [0.15, 0.2) is 23.3 Å². The number of rotatable bonds is 5. The Balaban J connectivity index is 3.05. The first-order valence-corrected chi connectivity index (χ1v) is 7.53. The largest absolute Gasteiger partial charge is 0.462 e. The van der Waals surface area contributed by atoms with Crippen molar-refractivity contribution < 1.29 is 36.6 Å². The Morgan fingerprint density at radius 2 is 1.36 bits per heavy atom. The van der Waals surface area contributed by atoms with Crippen LogP contribution < -0.4 is 0 Å². The number of hydrogen-bond donors (Lipinski definition) is 0. The van der Waals surface area contributed by atoms with E-state index in [1.165, 1.54) is 20.8 Å². The zero-order valence-electron chi connectivity index (χ0n) is 13.7. The molecule has 1 aromatic heterocycles. The van der Waals surface area contributed by atoms with Crippen LogP contribution in [0.25, 0.3) is 10.9 Å². The first-order chi connectivity index (χ1) is 11.8. The maximum atomic E-state index is 14.3. The Hall–Kier alpha value is -2.58. The van der Waals surface area contributed by atoms with Gasteiger partial charge >= 0.3 is 11.9 Å². The normalized spacial score (nSPS) is 11.0. The summed E-state index contributed by atoms with van der Waals surface area (Å²) in [5, 5.41) is -0.861. The molecule has 0 fully saturated rings. The van der Waals surface area contributed by atoms with Crippen molar-refractivity contribution in [2.24, 2.45) is 0 Å². The van der Waals surface area contributed by atoms with Gasteiger partial charge in [0, 0.05) is 6.54 Å². The molecule has 0 unspecified atom stereocenters. The van der Waals surface area contributed by atoms with Gasteiger partial charge in [-0.1, -0.05) is 0 Å². The quantitative estimate of drug-likeness (QED) is 0.354. The number of carbonyl (C=O) groups excluding carboxylic acids is 2. The lowest BCUT2D eigenvalue weighted by Gasteiger charge is -2.09. The van der Waals surface area contributed by atoms with Crippen molar-refractivity contribution in [2.75, 3.05) is 13.2 Å². The third-order valence-corrected chi connectivity index (χ3v) is 3.53. The Morgan fingerprint density at radius 1 is 0.840 bits per heavy atom. The van der Waals surface area contributed by atoms with Gasteiger partial charge in [-0.25, -0.2) is 27.2 Å². The van der Waals surface area contributed by atoms with Crippen molar-refractivity contribution in [2.45, 2.75) is 27.3 Å². The number of aromatic nitrogens is 1. The third kappa shape index (κ3) is 2.83. The molecule has 2 aromatic rings. The van der Waals surface area contributed by atoms with Crippen LogP contribution in [0.2, 0.25) is 0 Å². The monoisotopic (exact) mass is 361 g/mol. The molecule has 0 saturated carbocycles. The third-order valence-electron chi connectivity index (χ3n) is 3.53. The topological polar surface area (TPSA) is 57.5 Å². The number of nitrogens with zero attached hydrogens (tertiary/aromatic N) is 1. The SMILES string of the molecule is CCOC(=O)c1c(C(=O)OCC)n(CC)c2c(F)c(F)c(F)c(F)c12. The minimum Gasteiger partial charge on any atom is -0.462 e. The highest BCUT2D eigenvalue weighted by Crippen LogP contribution is 2.34. The second kappa shape index (κ2) is 7.12. The Labute approximate surface area is 140 Å². The number of halogens is 4. The van der Waals surface area contributed by atoms with Crippen LogP contribution in [0.4, 0.5) is 17.6 Å². The second-order valence-corrected chi connectivity index (χ2v) is 4.89. The van der Waals surface area contributed by atoms with E-state index in [9.17, 15) is 27.2 Å². The van der Waals surface area contributed by atoms with Crippen LogP contribution in [0.3, 0.4) is 0 Å². The number of hydrogen-bond acceptors (Lipinski definition) is 4. The minimum atomic E-state index is -2.08. The van der Waals surface area contributed by atoms with Gasteiger partial charge in [0.1, 0.15) is 11.3 Å². The van der Waals surface area contributed by atoms with Gasteiger partial charge < -0.3 is 14.0 Å². The molecule has 0 spiro atoms. The number of aryl methyl sites for hydroxylation is 1. The average molecular weight is 361 g/mol. The van der Waals surface area contributed by atoms with Crippen molar-refractivity contribution in [3.8, 4) is 0 Å². The van der Waals surface area contributed by atoms with Crippen molar-refractivity contribution in [1.82, 2.24) is 4.57 Å². The van der Waals surface area contributed by atoms with Crippen molar-refractivity contribution >= 4 is 22.8 Å². The average Bonchev–Trinajstić information content (AvgIpc) is 2.93. The summed E-state index contributed by atoms with van der Waals surface area (Å²) >= 11 is 0. The molecule has 0 bridgehead atoms. The molecule has 0 atom stereocenters. The zero-order chi connectivity index (χ0) is 18.9. The predicted molar refractivity (Wildman–Crippen MR) is 79.4 cm³/mol. The van der Waals surface area contributed by atoms with Gasteiger partial charge in [0.05, 0.1) is 24.1 Å². The molecule has 0 N–H and O–H groups in total. The second-order valence-electron chi connectivity index (χ2n) is 4.89. The molecule has 2 rings (SSSR count). The highest BCUT2D eigenvalue weighted by molar-refractivity contribution is 6.13. The van der Waals surface area contributed by atoms with E-state index in [4.69, 9.17) is 9.47 Å². The van der Waals surface area contributed by atoms with Crippen LogP contribution in [-0.2, 0) is 16.0 Å². The molecule has 9 heteroatoms. The first kappa shape index (κ1) is 18.8. The summed E-state index contributed by atoms with van der Waals surface area (Å²) in [4.78, 5) is 24.5. The summed E-state index contributed by atoms with van der Waals surface area (Å²) in [6.45, 7) is 4.05. The molecule has 136 valence electrons. The van der Waals surface area contributed by atoms with Crippen molar-refractivity contribution in [3.05, 3.63) is 34.5 Å². The lowest BCUT2D eigenvalue weighted by molar-refractivity contribution is 0.0472. The van der Waals surface area contributed by atoms with E-state index in [-0.39, 0.29) is 19.8 Å². The van der Waals surface area contributed by atoms with Crippen LogP contribution in [0.1, 0.15) is 41.6 Å². The molecule has 0 aliphatic carbocycles. The van der Waals surface area contributed by atoms with Crippen molar-refractivity contribution in [3.63, 3.8) is 0 Å². The maximum absolute atomic E-state index is 14.3. The summed E-state index contributed by atoms with van der Waals surface area (Å²) in [5.74, 6) is -9.86. The molecule has 1 aromatic carbocycles. The van der Waals surface area contributed by atoms with E-state index in [2.05, 4.69) is 0 Å². The number of carbonyl (C=O) groups is 2. The molecular formula is C16H15F4NO4. The molecule has 1 heterocycles. The summed E-state index contributed by atoms with van der Waals surface area (Å²) in [6, 6.07) is 0. The van der Waals surface area contributed by atoms with Gasteiger partial charge in [0.25, 0.3) is 0 Å². The summed E-state index contributed by atoms with van der Waals surface area (Å²) in [7, 11) is 0. The van der Waals surface area contributed by atoms with Crippen LogP contribution >= 0.6 is 0 Å². The molecule has 5 nitrogen and oxygen atoms in total. The zero-order valence-corrected chi connectivity index (χ0v) is 13.7. The fourth-order valence-electron chi connectivity index (χ4n) is 2.60. The van der Waals surface area contributed by atoms with E-state index >= 15 is 0 Å². The van der Waals surface area contributed by atoms with E-state index < -0.39 is 57.4 Å². The van der Waals surface area contributed by atoms with Gasteiger partial charge in [-0.3, -0.25) is 0 Å². The van der Waals surface area contributed by atoms with E-state index in [0.29, 0.717) is 0 Å². The summed E-state index contributed by atoms with van der Waals surface area (Å²) in [6.07, 6.45) is 0. The number of esters is 2. The number of benzene rings is 1. The molecule has 0 aliphatic heterocycles. The highest BCUT2D eigenvalue weighted by atomic mass is 19.2. The fourth-order valence-corrected chi connectivity index (χ4v) is 2.60. The van der Waals surface area contributed by atoms with Gasteiger partial charge in [-0.15, -0.1) is 0 Å². The van der Waals surface area contributed by atoms with Crippen LogP contribution in [-0.4, -0.2) is 29.7 Å². The number of fused-ring (bicyclic) bond motifs is 1. The smallest absolute Gasteiger partial charge is 0.355 e.